The summed E-state index contributed by atoms with van der Waals surface area (Å²) in [5.41, 5.74) is 0.429. The Balaban J connectivity index is 2.04. The molecule has 0 radical (unpaired) electrons. The highest BCUT2D eigenvalue weighted by Crippen LogP contribution is 2.43. The lowest BCUT2D eigenvalue weighted by Crippen LogP contribution is -2.36. The molecule has 1 aliphatic carbocycles. The lowest BCUT2D eigenvalue weighted by Gasteiger charge is -2.41. The SMILES string of the molecule is CCOc1nc(NC)nc(NCC2(CC)CCC2)n1. The van der Waals surface area contributed by atoms with Crippen molar-refractivity contribution in [3.63, 3.8) is 0 Å². The zero-order valence-corrected chi connectivity index (χ0v) is 12.0. The van der Waals surface area contributed by atoms with Gasteiger partial charge in [0.15, 0.2) is 0 Å². The van der Waals surface area contributed by atoms with Gasteiger partial charge in [-0.05, 0) is 31.6 Å². The van der Waals surface area contributed by atoms with Gasteiger partial charge in [0.05, 0.1) is 6.61 Å². The van der Waals surface area contributed by atoms with Crippen LogP contribution >= 0.6 is 0 Å². The van der Waals surface area contributed by atoms with Crippen LogP contribution in [0.15, 0.2) is 0 Å². The van der Waals surface area contributed by atoms with Crippen LogP contribution in [0.5, 0.6) is 6.01 Å². The Bertz CT molecular complexity index is 414. The van der Waals surface area contributed by atoms with Crippen LogP contribution < -0.4 is 15.4 Å². The molecule has 0 unspecified atom stereocenters. The van der Waals surface area contributed by atoms with E-state index in [4.69, 9.17) is 4.74 Å². The summed E-state index contributed by atoms with van der Waals surface area (Å²) >= 11 is 0. The number of ether oxygens (including phenoxy) is 1. The Hall–Kier alpha value is -1.59. The monoisotopic (exact) mass is 265 g/mol. The summed E-state index contributed by atoms with van der Waals surface area (Å²) in [6.07, 6.45) is 5.11. The van der Waals surface area contributed by atoms with Gasteiger partial charge in [-0.2, -0.15) is 15.0 Å². The maximum Gasteiger partial charge on any atom is 0.323 e. The van der Waals surface area contributed by atoms with Crippen molar-refractivity contribution in [3.05, 3.63) is 0 Å². The molecule has 0 atom stereocenters. The summed E-state index contributed by atoms with van der Waals surface area (Å²) in [5, 5.41) is 6.25. The van der Waals surface area contributed by atoms with Crippen LogP contribution in [0.1, 0.15) is 39.5 Å². The van der Waals surface area contributed by atoms with Crippen molar-refractivity contribution in [3.8, 4) is 6.01 Å². The third kappa shape index (κ3) is 3.24. The van der Waals surface area contributed by atoms with Gasteiger partial charge in [0.25, 0.3) is 0 Å². The zero-order chi connectivity index (χ0) is 13.7. The van der Waals surface area contributed by atoms with Crippen LogP contribution in [0.25, 0.3) is 0 Å². The molecule has 0 aliphatic heterocycles. The fourth-order valence-electron chi connectivity index (χ4n) is 2.34. The third-order valence-corrected chi connectivity index (χ3v) is 3.90. The molecule has 1 heterocycles. The number of aromatic nitrogens is 3. The highest BCUT2D eigenvalue weighted by molar-refractivity contribution is 5.35. The van der Waals surface area contributed by atoms with Gasteiger partial charge >= 0.3 is 6.01 Å². The molecule has 0 amide bonds. The van der Waals surface area contributed by atoms with Gasteiger partial charge in [-0.25, -0.2) is 0 Å². The Morgan fingerprint density at radius 3 is 2.42 bits per heavy atom. The second-order valence-electron chi connectivity index (χ2n) is 5.01. The van der Waals surface area contributed by atoms with E-state index in [1.807, 2.05) is 6.92 Å². The number of rotatable bonds is 7. The summed E-state index contributed by atoms with van der Waals surface area (Å²) in [5.74, 6) is 1.11. The first-order chi connectivity index (χ1) is 9.21. The van der Waals surface area contributed by atoms with Crippen molar-refractivity contribution in [1.29, 1.82) is 0 Å². The molecule has 2 N–H and O–H groups in total. The fourth-order valence-corrected chi connectivity index (χ4v) is 2.34. The third-order valence-electron chi connectivity index (χ3n) is 3.90. The van der Waals surface area contributed by atoms with Gasteiger partial charge in [0.1, 0.15) is 0 Å². The van der Waals surface area contributed by atoms with Crippen LogP contribution in [-0.2, 0) is 0 Å². The second kappa shape index (κ2) is 6.04. The minimum absolute atomic E-state index is 0.364. The first-order valence-electron chi connectivity index (χ1n) is 7.02. The van der Waals surface area contributed by atoms with E-state index in [0.29, 0.717) is 29.9 Å². The van der Waals surface area contributed by atoms with Crippen LogP contribution in [0.2, 0.25) is 0 Å². The number of anilines is 2. The summed E-state index contributed by atoms with van der Waals surface area (Å²) in [6.45, 7) is 5.63. The first kappa shape index (κ1) is 13.8. The highest BCUT2D eigenvalue weighted by atomic mass is 16.5. The number of nitrogens with zero attached hydrogens (tertiary/aromatic N) is 3. The van der Waals surface area contributed by atoms with Gasteiger partial charge in [-0.1, -0.05) is 13.3 Å². The molecule has 0 spiro atoms. The fraction of sp³-hybridized carbons (Fsp3) is 0.769. The lowest BCUT2D eigenvalue weighted by atomic mass is 9.67. The van der Waals surface area contributed by atoms with Crippen molar-refractivity contribution in [1.82, 2.24) is 15.0 Å². The first-order valence-corrected chi connectivity index (χ1v) is 7.02. The minimum atomic E-state index is 0.364. The predicted octanol–water partition coefficient (Wildman–Crippen LogP) is 2.30. The Kier molecular flexibility index (Phi) is 4.39. The average molecular weight is 265 g/mol. The molecule has 6 heteroatoms. The van der Waals surface area contributed by atoms with E-state index in [0.717, 1.165) is 6.54 Å². The van der Waals surface area contributed by atoms with Crippen LogP contribution in [0.4, 0.5) is 11.9 Å². The zero-order valence-electron chi connectivity index (χ0n) is 12.0. The highest BCUT2D eigenvalue weighted by Gasteiger charge is 2.34. The lowest BCUT2D eigenvalue weighted by molar-refractivity contribution is 0.144. The standard InChI is InChI=1S/C13H23N5O/c1-4-13(7-6-8-13)9-15-11-16-10(14-3)17-12(18-11)19-5-2/h4-9H2,1-3H3,(H2,14,15,16,17,18). The van der Waals surface area contributed by atoms with Crippen molar-refractivity contribution in [2.75, 3.05) is 30.8 Å². The Morgan fingerprint density at radius 2 is 1.89 bits per heavy atom. The largest absolute Gasteiger partial charge is 0.464 e. The minimum Gasteiger partial charge on any atom is -0.464 e. The van der Waals surface area contributed by atoms with E-state index in [9.17, 15) is 0 Å². The molecule has 6 nitrogen and oxygen atoms in total. The normalized spacial score (nSPS) is 16.6. The van der Waals surface area contributed by atoms with Crippen molar-refractivity contribution >= 4 is 11.9 Å². The van der Waals surface area contributed by atoms with Crippen LogP contribution in [0, 0.1) is 5.41 Å². The molecular formula is C13H23N5O. The second-order valence-corrected chi connectivity index (χ2v) is 5.01. The number of hydrogen-bond donors (Lipinski definition) is 2. The molecule has 1 aliphatic rings. The Labute approximate surface area is 114 Å². The van der Waals surface area contributed by atoms with E-state index in [1.165, 1.54) is 25.7 Å². The molecule has 0 aromatic carbocycles. The quantitative estimate of drug-likeness (QED) is 0.788. The maximum absolute atomic E-state index is 5.35. The van der Waals surface area contributed by atoms with E-state index in [-0.39, 0.29) is 0 Å². The van der Waals surface area contributed by atoms with E-state index < -0.39 is 0 Å². The van der Waals surface area contributed by atoms with Gasteiger partial charge < -0.3 is 15.4 Å². The smallest absolute Gasteiger partial charge is 0.323 e. The van der Waals surface area contributed by atoms with E-state index in [2.05, 4.69) is 32.5 Å². The molecule has 2 rings (SSSR count). The summed E-state index contributed by atoms with van der Waals surface area (Å²) in [6, 6.07) is 0.364. The van der Waals surface area contributed by atoms with Crippen molar-refractivity contribution in [2.45, 2.75) is 39.5 Å². The predicted molar refractivity (Wildman–Crippen MR) is 75.6 cm³/mol. The van der Waals surface area contributed by atoms with E-state index in [1.54, 1.807) is 7.05 Å². The van der Waals surface area contributed by atoms with Crippen molar-refractivity contribution in [2.24, 2.45) is 5.41 Å². The molecule has 1 aromatic rings. The molecule has 1 fully saturated rings. The maximum atomic E-state index is 5.35. The van der Waals surface area contributed by atoms with Crippen molar-refractivity contribution < 1.29 is 4.74 Å². The van der Waals surface area contributed by atoms with Crippen LogP contribution in [0.3, 0.4) is 0 Å². The average Bonchev–Trinajstić information content (AvgIpc) is 2.38. The topological polar surface area (TPSA) is 72.0 Å². The molecule has 1 saturated carbocycles. The molecule has 106 valence electrons. The Morgan fingerprint density at radius 1 is 1.16 bits per heavy atom. The molecule has 0 saturated heterocycles. The van der Waals surface area contributed by atoms with Gasteiger partial charge in [0.2, 0.25) is 11.9 Å². The number of hydrogen-bond acceptors (Lipinski definition) is 6. The summed E-state index contributed by atoms with van der Waals surface area (Å²) in [7, 11) is 1.79. The number of nitrogens with one attached hydrogen (secondary N) is 2. The summed E-state index contributed by atoms with van der Waals surface area (Å²) < 4.78 is 5.35. The molecular weight excluding hydrogens is 242 g/mol. The van der Waals surface area contributed by atoms with E-state index >= 15 is 0 Å². The van der Waals surface area contributed by atoms with Gasteiger partial charge in [0, 0.05) is 13.6 Å². The summed E-state index contributed by atoms with van der Waals surface area (Å²) in [4.78, 5) is 12.7. The molecule has 19 heavy (non-hydrogen) atoms. The van der Waals surface area contributed by atoms with Crippen LogP contribution in [-0.4, -0.2) is 35.2 Å². The van der Waals surface area contributed by atoms with Gasteiger partial charge in [-0.3, -0.25) is 0 Å². The van der Waals surface area contributed by atoms with Gasteiger partial charge in [-0.15, -0.1) is 0 Å². The molecule has 0 bridgehead atoms. The molecule has 1 aromatic heterocycles.